The molecule has 1 unspecified atom stereocenters. The van der Waals surface area contributed by atoms with Gasteiger partial charge in [-0.15, -0.1) is 0 Å². The third-order valence-electron chi connectivity index (χ3n) is 3.93. The van der Waals surface area contributed by atoms with Crippen molar-refractivity contribution in [1.82, 2.24) is 0 Å². The molecule has 2 aliphatic rings. The maximum Gasteiger partial charge on any atom is 0.220 e. The molecule has 1 aliphatic heterocycles. The molecule has 0 saturated heterocycles. The topological polar surface area (TPSA) is 68.1 Å². The zero-order valence-corrected chi connectivity index (χ0v) is 12.9. The number of hydrogen-bond donors (Lipinski definition) is 1. The summed E-state index contributed by atoms with van der Waals surface area (Å²) in [4.78, 5) is 16.3. The third kappa shape index (κ3) is 2.90. The fraction of sp³-hybridized carbons (Fsp3) is 0.222. The zero-order valence-electron chi connectivity index (χ0n) is 12.9. The van der Waals surface area contributed by atoms with E-state index in [0.29, 0.717) is 17.9 Å². The first-order valence-electron chi connectivity index (χ1n) is 7.23. The average Bonchev–Trinajstić information content (AvgIpc) is 2.56. The Balaban J connectivity index is 1.89. The molecule has 0 radical (unpaired) electrons. The van der Waals surface area contributed by atoms with E-state index in [9.17, 15) is 9.90 Å². The molecule has 0 saturated carbocycles. The molecule has 118 valence electrons. The molecule has 1 heterocycles. The predicted molar refractivity (Wildman–Crippen MR) is 86.6 cm³/mol. The van der Waals surface area contributed by atoms with Gasteiger partial charge < -0.3 is 14.6 Å². The van der Waals surface area contributed by atoms with Crippen molar-refractivity contribution in [1.29, 1.82) is 0 Å². The van der Waals surface area contributed by atoms with Crippen LogP contribution in [-0.4, -0.2) is 30.8 Å². The maximum atomic E-state index is 11.9. The van der Waals surface area contributed by atoms with Gasteiger partial charge in [0.15, 0.2) is 17.3 Å². The van der Waals surface area contributed by atoms with Gasteiger partial charge in [-0.05, 0) is 41.5 Å². The Kier molecular flexibility index (Phi) is 4.02. The average molecular weight is 311 g/mol. The number of benzene rings is 1. The first kappa shape index (κ1) is 15.1. The first-order chi connectivity index (χ1) is 11.1. The van der Waals surface area contributed by atoms with Gasteiger partial charge in [0.2, 0.25) is 5.78 Å². The molecule has 1 atom stereocenters. The van der Waals surface area contributed by atoms with Gasteiger partial charge >= 0.3 is 0 Å². The number of allylic oxidation sites excluding steroid dienone is 4. The van der Waals surface area contributed by atoms with E-state index in [4.69, 9.17) is 9.47 Å². The number of carbonyl (C=O) groups is 1. The van der Waals surface area contributed by atoms with E-state index in [1.807, 2.05) is 12.1 Å². The normalized spacial score (nSPS) is 19.5. The summed E-state index contributed by atoms with van der Waals surface area (Å²) in [5, 5.41) is 9.68. The lowest BCUT2D eigenvalue weighted by atomic mass is 9.84. The molecule has 1 aromatic rings. The summed E-state index contributed by atoms with van der Waals surface area (Å²) in [6, 6.07) is 5.22. The molecule has 0 aromatic heterocycles. The molecule has 0 amide bonds. The lowest BCUT2D eigenvalue weighted by Crippen LogP contribution is -2.24. The van der Waals surface area contributed by atoms with Crippen LogP contribution < -0.4 is 4.74 Å². The van der Waals surface area contributed by atoms with Crippen molar-refractivity contribution >= 4 is 11.5 Å². The number of methoxy groups -OCH3 is 2. The first-order valence-corrected chi connectivity index (χ1v) is 7.23. The minimum Gasteiger partial charge on any atom is -0.504 e. The van der Waals surface area contributed by atoms with Gasteiger partial charge in [-0.2, -0.15) is 0 Å². The Hall–Kier alpha value is -2.82. The fourth-order valence-electron chi connectivity index (χ4n) is 2.75. The fourth-order valence-corrected chi connectivity index (χ4v) is 2.75. The molecule has 3 rings (SSSR count). The van der Waals surface area contributed by atoms with Crippen molar-refractivity contribution in [2.45, 2.75) is 6.42 Å². The van der Waals surface area contributed by atoms with Crippen molar-refractivity contribution in [3.63, 3.8) is 0 Å². The Morgan fingerprint density at radius 1 is 1.26 bits per heavy atom. The lowest BCUT2D eigenvalue weighted by Gasteiger charge is -2.24. The van der Waals surface area contributed by atoms with Gasteiger partial charge in [0, 0.05) is 24.3 Å². The largest absolute Gasteiger partial charge is 0.504 e. The second-order valence-electron chi connectivity index (χ2n) is 5.34. The van der Waals surface area contributed by atoms with Gasteiger partial charge in [-0.3, -0.25) is 9.79 Å². The van der Waals surface area contributed by atoms with Gasteiger partial charge in [0.05, 0.1) is 14.2 Å². The number of nitrogens with zero attached hydrogens (tertiary/aromatic N) is 1. The molecule has 0 fully saturated rings. The smallest absolute Gasteiger partial charge is 0.220 e. The monoisotopic (exact) mass is 311 g/mol. The molecule has 23 heavy (non-hydrogen) atoms. The van der Waals surface area contributed by atoms with Crippen LogP contribution in [0.15, 0.2) is 59.0 Å². The van der Waals surface area contributed by atoms with E-state index in [1.165, 1.54) is 14.2 Å². The highest BCUT2D eigenvalue weighted by Gasteiger charge is 2.27. The number of hydrogen-bond acceptors (Lipinski definition) is 5. The van der Waals surface area contributed by atoms with Crippen LogP contribution in [-0.2, 0) is 16.0 Å². The van der Waals surface area contributed by atoms with Crippen molar-refractivity contribution < 1.29 is 19.4 Å². The number of aliphatic imine (C=N–C) groups is 1. The standard InChI is InChI=1S/C18H17NO4/c1-22-17-8-11(3-4-15(17)20)7-14-13-10-18(23-2)16(21)9-12(13)5-6-19-14/h3-6,8-10,13,20H,7H2,1-2H3. The van der Waals surface area contributed by atoms with E-state index in [0.717, 1.165) is 16.8 Å². The number of aromatic hydroxyl groups is 1. The summed E-state index contributed by atoms with van der Waals surface area (Å²) in [5.41, 5.74) is 2.79. The second kappa shape index (κ2) is 6.12. The molecule has 1 aromatic carbocycles. The number of ether oxygens (including phenoxy) is 2. The number of phenolic OH excluding ortho intramolecular Hbond substituents is 1. The highest BCUT2D eigenvalue weighted by Crippen LogP contribution is 2.31. The van der Waals surface area contributed by atoms with Gasteiger partial charge in [0.1, 0.15) is 0 Å². The van der Waals surface area contributed by atoms with Gasteiger partial charge in [0.25, 0.3) is 0 Å². The van der Waals surface area contributed by atoms with Crippen LogP contribution in [0.25, 0.3) is 0 Å². The summed E-state index contributed by atoms with van der Waals surface area (Å²) < 4.78 is 10.3. The summed E-state index contributed by atoms with van der Waals surface area (Å²) in [7, 11) is 3.00. The highest BCUT2D eigenvalue weighted by atomic mass is 16.5. The van der Waals surface area contributed by atoms with E-state index in [1.54, 1.807) is 30.5 Å². The van der Waals surface area contributed by atoms with Crippen LogP contribution in [0.3, 0.4) is 0 Å². The van der Waals surface area contributed by atoms with Crippen molar-refractivity contribution in [3.05, 3.63) is 59.5 Å². The SMILES string of the molecule is COC1=CC2C(=CC1=O)C=CN=C2Cc1ccc(O)c(OC)c1. The van der Waals surface area contributed by atoms with E-state index in [-0.39, 0.29) is 17.5 Å². The number of ketones is 1. The Morgan fingerprint density at radius 3 is 2.83 bits per heavy atom. The molecule has 1 N–H and O–H groups in total. The van der Waals surface area contributed by atoms with Crippen molar-refractivity contribution in [2.75, 3.05) is 14.2 Å². The number of carbonyl (C=O) groups excluding carboxylic acids is 1. The molecule has 5 nitrogen and oxygen atoms in total. The molecule has 5 heteroatoms. The summed E-state index contributed by atoms with van der Waals surface area (Å²) in [5.74, 6) is 0.665. The van der Waals surface area contributed by atoms with Crippen LogP contribution in [0.4, 0.5) is 0 Å². The van der Waals surface area contributed by atoms with Crippen LogP contribution in [0, 0.1) is 5.92 Å². The van der Waals surface area contributed by atoms with E-state index in [2.05, 4.69) is 4.99 Å². The maximum absolute atomic E-state index is 11.9. The van der Waals surface area contributed by atoms with Crippen LogP contribution >= 0.6 is 0 Å². The summed E-state index contributed by atoms with van der Waals surface area (Å²) >= 11 is 0. The summed E-state index contributed by atoms with van der Waals surface area (Å²) in [6.45, 7) is 0. The quantitative estimate of drug-likeness (QED) is 0.928. The molecular weight excluding hydrogens is 294 g/mol. The minimum atomic E-state index is -0.129. The van der Waals surface area contributed by atoms with Gasteiger partial charge in [-0.1, -0.05) is 6.07 Å². The Bertz CT molecular complexity index is 771. The second-order valence-corrected chi connectivity index (χ2v) is 5.34. The molecule has 1 aliphatic carbocycles. The molecule has 0 bridgehead atoms. The van der Waals surface area contributed by atoms with Crippen LogP contribution in [0.5, 0.6) is 11.5 Å². The van der Waals surface area contributed by atoms with Crippen LogP contribution in [0.2, 0.25) is 0 Å². The number of phenols is 1. The van der Waals surface area contributed by atoms with Gasteiger partial charge in [-0.25, -0.2) is 0 Å². The number of rotatable bonds is 4. The van der Waals surface area contributed by atoms with E-state index < -0.39 is 0 Å². The predicted octanol–water partition coefficient (Wildman–Crippen LogP) is 2.57. The Labute approximate surface area is 134 Å². The summed E-state index contributed by atoms with van der Waals surface area (Å²) in [6.07, 6.45) is 7.52. The minimum absolute atomic E-state index is 0.0764. The van der Waals surface area contributed by atoms with E-state index >= 15 is 0 Å². The Morgan fingerprint density at radius 2 is 2.09 bits per heavy atom. The van der Waals surface area contributed by atoms with Crippen LogP contribution in [0.1, 0.15) is 5.56 Å². The molecule has 0 spiro atoms. The van der Waals surface area contributed by atoms with Crippen molar-refractivity contribution in [2.24, 2.45) is 10.9 Å². The molecular formula is C18H17NO4. The number of fused-ring (bicyclic) bond motifs is 1. The zero-order chi connectivity index (χ0) is 16.4. The highest BCUT2D eigenvalue weighted by molar-refractivity contribution is 6.08. The third-order valence-corrected chi connectivity index (χ3v) is 3.93. The van der Waals surface area contributed by atoms with Crippen molar-refractivity contribution in [3.8, 4) is 11.5 Å². The lowest BCUT2D eigenvalue weighted by molar-refractivity contribution is -0.114.